The molecular formula is C17H21NO2. The van der Waals surface area contributed by atoms with Gasteiger partial charge in [-0.25, -0.2) is 0 Å². The van der Waals surface area contributed by atoms with Crippen LogP contribution in [0.2, 0.25) is 0 Å². The number of benzene rings is 2. The van der Waals surface area contributed by atoms with Gasteiger partial charge in [0.05, 0.1) is 6.61 Å². The van der Waals surface area contributed by atoms with Crippen LogP contribution in [0.4, 0.5) is 0 Å². The lowest BCUT2D eigenvalue weighted by Crippen LogP contribution is -2.03. The third-order valence-corrected chi connectivity index (χ3v) is 3.03. The molecule has 0 spiro atoms. The van der Waals surface area contributed by atoms with Gasteiger partial charge in [-0.3, -0.25) is 0 Å². The third-order valence-electron chi connectivity index (χ3n) is 3.03. The van der Waals surface area contributed by atoms with Crippen LogP contribution in [0, 0.1) is 6.92 Å². The molecule has 20 heavy (non-hydrogen) atoms. The summed E-state index contributed by atoms with van der Waals surface area (Å²) in [5, 5.41) is 0. The van der Waals surface area contributed by atoms with E-state index in [-0.39, 0.29) is 0 Å². The summed E-state index contributed by atoms with van der Waals surface area (Å²) in [5.74, 6) is 2.47. The molecule has 0 saturated heterocycles. The first-order valence-corrected chi connectivity index (χ1v) is 6.93. The highest BCUT2D eigenvalue weighted by atomic mass is 16.5. The molecular weight excluding hydrogens is 250 g/mol. The highest BCUT2D eigenvalue weighted by Gasteiger charge is 2.04. The maximum absolute atomic E-state index is 5.96. The minimum absolute atomic E-state index is 0.641. The van der Waals surface area contributed by atoms with Gasteiger partial charge in [-0.1, -0.05) is 18.2 Å². The van der Waals surface area contributed by atoms with Gasteiger partial charge in [0.1, 0.15) is 17.2 Å². The van der Waals surface area contributed by atoms with E-state index in [0.717, 1.165) is 29.2 Å². The lowest BCUT2D eigenvalue weighted by Gasteiger charge is -2.11. The minimum Gasteiger partial charge on any atom is -0.494 e. The zero-order valence-electron chi connectivity index (χ0n) is 12.1. The van der Waals surface area contributed by atoms with Gasteiger partial charge >= 0.3 is 0 Å². The molecule has 0 heterocycles. The van der Waals surface area contributed by atoms with Crippen LogP contribution in [0.25, 0.3) is 0 Å². The lowest BCUT2D eigenvalue weighted by molar-refractivity contribution is 0.338. The van der Waals surface area contributed by atoms with Crippen molar-refractivity contribution in [2.75, 3.05) is 13.2 Å². The average molecular weight is 271 g/mol. The Balaban J connectivity index is 2.20. The van der Waals surface area contributed by atoms with Crippen LogP contribution in [-0.4, -0.2) is 13.2 Å². The summed E-state index contributed by atoms with van der Waals surface area (Å²) in [6.07, 6.45) is 0.857. The normalized spacial score (nSPS) is 10.3. The van der Waals surface area contributed by atoms with Crippen molar-refractivity contribution < 1.29 is 9.47 Å². The fraction of sp³-hybridized carbons (Fsp3) is 0.294. The van der Waals surface area contributed by atoms with E-state index in [0.29, 0.717) is 13.2 Å². The molecule has 0 unspecified atom stereocenters. The molecule has 0 fully saturated rings. The van der Waals surface area contributed by atoms with Crippen molar-refractivity contribution in [3.63, 3.8) is 0 Å². The lowest BCUT2D eigenvalue weighted by atomic mass is 10.1. The molecule has 0 aromatic heterocycles. The first kappa shape index (κ1) is 14.4. The van der Waals surface area contributed by atoms with Crippen molar-refractivity contribution in [1.29, 1.82) is 0 Å². The minimum atomic E-state index is 0.641. The van der Waals surface area contributed by atoms with Crippen molar-refractivity contribution in [1.82, 2.24) is 0 Å². The summed E-state index contributed by atoms with van der Waals surface area (Å²) in [5.41, 5.74) is 7.89. The Morgan fingerprint density at radius 1 is 1.05 bits per heavy atom. The number of ether oxygens (including phenoxy) is 2. The number of hydrogen-bond acceptors (Lipinski definition) is 3. The number of aryl methyl sites for hydroxylation is 1. The fourth-order valence-electron chi connectivity index (χ4n) is 2.00. The zero-order chi connectivity index (χ0) is 14.4. The zero-order valence-corrected chi connectivity index (χ0v) is 12.1. The van der Waals surface area contributed by atoms with E-state index in [1.54, 1.807) is 0 Å². The molecule has 3 nitrogen and oxygen atoms in total. The molecule has 0 amide bonds. The maximum Gasteiger partial charge on any atom is 0.131 e. The first-order chi connectivity index (χ1) is 9.72. The van der Waals surface area contributed by atoms with Crippen LogP contribution in [-0.2, 0) is 6.42 Å². The van der Waals surface area contributed by atoms with Crippen LogP contribution in [0.1, 0.15) is 18.1 Å². The van der Waals surface area contributed by atoms with Gasteiger partial charge in [-0.05, 0) is 56.1 Å². The predicted molar refractivity (Wildman–Crippen MR) is 81.6 cm³/mol. The molecule has 0 aliphatic rings. The Bertz CT molecular complexity index is 567. The molecule has 2 aromatic carbocycles. The summed E-state index contributed by atoms with van der Waals surface area (Å²) in [6.45, 7) is 5.29. The van der Waals surface area contributed by atoms with Crippen molar-refractivity contribution in [3.8, 4) is 17.2 Å². The van der Waals surface area contributed by atoms with Gasteiger partial charge in [0, 0.05) is 6.07 Å². The summed E-state index contributed by atoms with van der Waals surface area (Å²) in [7, 11) is 0. The van der Waals surface area contributed by atoms with Crippen molar-refractivity contribution >= 4 is 0 Å². The fourth-order valence-corrected chi connectivity index (χ4v) is 2.00. The molecule has 2 aromatic rings. The Morgan fingerprint density at radius 2 is 1.85 bits per heavy atom. The first-order valence-electron chi connectivity index (χ1n) is 6.93. The van der Waals surface area contributed by atoms with Crippen molar-refractivity contribution in [3.05, 3.63) is 53.6 Å². The highest BCUT2D eigenvalue weighted by Crippen LogP contribution is 2.28. The van der Waals surface area contributed by atoms with Crippen LogP contribution in [0.15, 0.2) is 42.5 Å². The van der Waals surface area contributed by atoms with Gasteiger partial charge in [0.2, 0.25) is 0 Å². The number of rotatable bonds is 6. The predicted octanol–water partition coefficient (Wildman–Crippen LogP) is 3.69. The quantitative estimate of drug-likeness (QED) is 0.871. The van der Waals surface area contributed by atoms with E-state index >= 15 is 0 Å². The Kier molecular flexibility index (Phi) is 5.02. The topological polar surface area (TPSA) is 44.5 Å². The SMILES string of the molecule is CCOc1cccc(Oc2cc(CCN)ccc2C)c1. The molecule has 0 atom stereocenters. The van der Waals surface area contributed by atoms with E-state index in [4.69, 9.17) is 15.2 Å². The summed E-state index contributed by atoms with van der Waals surface area (Å²) in [4.78, 5) is 0. The van der Waals surface area contributed by atoms with Crippen molar-refractivity contribution in [2.24, 2.45) is 5.73 Å². The molecule has 3 heteroatoms. The summed E-state index contributed by atoms with van der Waals surface area (Å²) < 4.78 is 11.4. The van der Waals surface area contributed by atoms with Crippen LogP contribution >= 0.6 is 0 Å². The number of hydrogen-bond donors (Lipinski definition) is 1. The van der Waals surface area contributed by atoms with E-state index in [1.807, 2.05) is 38.1 Å². The average Bonchev–Trinajstić information content (AvgIpc) is 2.44. The second-order valence-corrected chi connectivity index (χ2v) is 4.65. The molecule has 0 aliphatic heterocycles. The maximum atomic E-state index is 5.96. The van der Waals surface area contributed by atoms with Crippen LogP contribution in [0.5, 0.6) is 17.2 Å². The van der Waals surface area contributed by atoms with Gasteiger partial charge < -0.3 is 15.2 Å². The Morgan fingerprint density at radius 3 is 2.60 bits per heavy atom. The van der Waals surface area contributed by atoms with Gasteiger partial charge in [0.25, 0.3) is 0 Å². The van der Waals surface area contributed by atoms with Crippen LogP contribution in [0.3, 0.4) is 0 Å². The van der Waals surface area contributed by atoms with Gasteiger partial charge in [0.15, 0.2) is 0 Å². The molecule has 2 N–H and O–H groups in total. The standard InChI is InChI=1S/C17H21NO2/c1-3-19-15-5-4-6-16(12-15)20-17-11-14(9-10-18)8-7-13(17)2/h4-8,11-12H,3,9-10,18H2,1-2H3. The second-order valence-electron chi connectivity index (χ2n) is 4.65. The molecule has 0 saturated carbocycles. The van der Waals surface area contributed by atoms with E-state index in [1.165, 1.54) is 5.56 Å². The Hall–Kier alpha value is -2.00. The second kappa shape index (κ2) is 6.96. The highest BCUT2D eigenvalue weighted by molar-refractivity contribution is 5.42. The largest absolute Gasteiger partial charge is 0.494 e. The monoisotopic (exact) mass is 271 g/mol. The summed E-state index contributed by atoms with van der Waals surface area (Å²) >= 11 is 0. The third kappa shape index (κ3) is 3.75. The van der Waals surface area contributed by atoms with Crippen LogP contribution < -0.4 is 15.2 Å². The molecule has 0 aliphatic carbocycles. The van der Waals surface area contributed by atoms with E-state index in [2.05, 4.69) is 18.2 Å². The molecule has 106 valence electrons. The molecule has 0 radical (unpaired) electrons. The van der Waals surface area contributed by atoms with E-state index < -0.39 is 0 Å². The summed E-state index contributed by atoms with van der Waals surface area (Å²) in [6, 6.07) is 13.9. The number of nitrogens with two attached hydrogens (primary N) is 1. The Labute approximate surface area is 120 Å². The van der Waals surface area contributed by atoms with Crippen molar-refractivity contribution in [2.45, 2.75) is 20.3 Å². The molecule has 0 bridgehead atoms. The van der Waals surface area contributed by atoms with Gasteiger partial charge in [-0.2, -0.15) is 0 Å². The molecule has 2 rings (SSSR count). The smallest absolute Gasteiger partial charge is 0.131 e. The van der Waals surface area contributed by atoms with E-state index in [9.17, 15) is 0 Å². The van der Waals surface area contributed by atoms with Gasteiger partial charge in [-0.15, -0.1) is 0 Å².